The number of carboxylic acids is 1. The van der Waals surface area contributed by atoms with Crippen LogP contribution in [0.5, 0.6) is 11.5 Å². The second-order valence-corrected chi connectivity index (χ2v) is 6.08. The molecule has 0 amide bonds. The van der Waals surface area contributed by atoms with E-state index in [1.807, 2.05) is 42.5 Å². The first kappa shape index (κ1) is 22.9. The Balaban J connectivity index is 0.000000181. The number of esters is 1. The van der Waals surface area contributed by atoms with E-state index in [0.717, 1.165) is 0 Å². The van der Waals surface area contributed by atoms with Gasteiger partial charge in [0.05, 0.1) is 11.1 Å². The van der Waals surface area contributed by atoms with Crippen molar-refractivity contribution in [1.82, 2.24) is 0 Å². The summed E-state index contributed by atoms with van der Waals surface area (Å²) < 4.78 is 5.16. The van der Waals surface area contributed by atoms with Crippen LogP contribution in [0.3, 0.4) is 0 Å². The van der Waals surface area contributed by atoms with E-state index in [1.54, 1.807) is 78.9 Å². The molecule has 0 atom stereocenters. The molecule has 5 heteroatoms. The number of aromatic carboxylic acids is 1. The third kappa shape index (κ3) is 9.11. The van der Waals surface area contributed by atoms with E-state index in [0.29, 0.717) is 22.6 Å². The molecule has 0 radical (unpaired) electrons. The largest absolute Gasteiger partial charge is 0.508 e. The third-order valence-electron chi connectivity index (χ3n) is 3.74. The number of carbonyl (C=O) groups is 2. The van der Waals surface area contributed by atoms with Gasteiger partial charge in [-0.1, -0.05) is 72.8 Å². The van der Waals surface area contributed by atoms with Crippen LogP contribution in [0.15, 0.2) is 121 Å². The molecule has 0 saturated carbocycles. The van der Waals surface area contributed by atoms with E-state index < -0.39 is 5.97 Å². The van der Waals surface area contributed by atoms with E-state index in [4.69, 9.17) is 14.9 Å². The number of benzene rings is 4. The molecule has 0 fully saturated rings. The van der Waals surface area contributed by atoms with Crippen LogP contribution in [0, 0.1) is 0 Å². The number of para-hydroxylation sites is 2. The predicted octanol–water partition coefficient (Wildman–Crippen LogP) is 5.68. The Labute approximate surface area is 180 Å². The van der Waals surface area contributed by atoms with Crippen LogP contribution >= 0.6 is 0 Å². The summed E-state index contributed by atoms with van der Waals surface area (Å²) in [7, 11) is 0. The van der Waals surface area contributed by atoms with Crippen molar-refractivity contribution in [2.75, 3.05) is 0 Å². The summed E-state index contributed by atoms with van der Waals surface area (Å²) in [4.78, 5) is 21.8. The van der Waals surface area contributed by atoms with Gasteiger partial charge >= 0.3 is 11.9 Å². The number of hydrogen-bond acceptors (Lipinski definition) is 4. The number of carbonyl (C=O) groups excluding carboxylic acids is 1. The van der Waals surface area contributed by atoms with Gasteiger partial charge in [0.2, 0.25) is 0 Å². The molecule has 31 heavy (non-hydrogen) atoms. The molecule has 0 aromatic heterocycles. The molecule has 0 spiro atoms. The fourth-order valence-electron chi connectivity index (χ4n) is 2.24. The summed E-state index contributed by atoms with van der Waals surface area (Å²) in [6.07, 6.45) is 0. The van der Waals surface area contributed by atoms with Gasteiger partial charge in [-0.25, -0.2) is 9.59 Å². The van der Waals surface area contributed by atoms with E-state index in [-0.39, 0.29) is 5.97 Å². The predicted molar refractivity (Wildman–Crippen MR) is 119 cm³/mol. The maximum Gasteiger partial charge on any atom is 0.343 e. The zero-order valence-corrected chi connectivity index (χ0v) is 16.7. The fourth-order valence-corrected chi connectivity index (χ4v) is 2.24. The Hall–Kier alpha value is -4.38. The average molecular weight is 414 g/mol. The summed E-state index contributed by atoms with van der Waals surface area (Å²) in [6.45, 7) is 0. The normalized spacial score (nSPS) is 9.16. The van der Waals surface area contributed by atoms with Crippen LogP contribution in [-0.2, 0) is 0 Å². The molecule has 0 heterocycles. The highest BCUT2D eigenvalue weighted by Gasteiger charge is 2.06. The molecule has 0 aliphatic heterocycles. The topological polar surface area (TPSA) is 83.8 Å². The van der Waals surface area contributed by atoms with Gasteiger partial charge in [-0.3, -0.25) is 0 Å². The van der Waals surface area contributed by atoms with Crippen molar-refractivity contribution < 1.29 is 24.5 Å². The molecule has 0 unspecified atom stereocenters. The first-order valence-corrected chi connectivity index (χ1v) is 9.41. The second-order valence-electron chi connectivity index (χ2n) is 6.08. The van der Waals surface area contributed by atoms with Crippen molar-refractivity contribution in [2.45, 2.75) is 0 Å². The summed E-state index contributed by atoms with van der Waals surface area (Å²) in [5.41, 5.74) is 0.888. The lowest BCUT2D eigenvalue weighted by Crippen LogP contribution is -2.07. The number of rotatable bonds is 3. The number of aromatic hydroxyl groups is 1. The van der Waals surface area contributed by atoms with E-state index >= 15 is 0 Å². The number of hydrogen-bond donors (Lipinski definition) is 2. The molecular weight excluding hydrogens is 392 g/mol. The summed E-state index contributed by atoms with van der Waals surface area (Å²) in [5, 5.41) is 17.0. The van der Waals surface area contributed by atoms with Crippen LogP contribution in [0.4, 0.5) is 0 Å². The van der Waals surface area contributed by atoms with E-state index in [2.05, 4.69) is 0 Å². The maximum atomic E-state index is 11.6. The number of phenolic OH excluding ortho intramolecular Hbond substituents is 1. The molecule has 4 aromatic carbocycles. The number of carboxylic acid groups (broad SMARTS) is 1. The van der Waals surface area contributed by atoms with Crippen LogP contribution in [0.1, 0.15) is 20.7 Å². The van der Waals surface area contributed by atoms with Crippen molar-refractivity contribution in [3.63, 3.8) is 0 Å². The van der Waals surface area contributed by atoms with Gasteiger partial charge in [0.15, 0.2) is 0 Å². The Kier molecular flexibility index (Phi) is 9.57. The average Bonchev–Trinajstić information content (AvgIpc) is 2.82. The minimum atomic E-state index is -0.879. The Morgan fingerprint density at radius 3 is 1.29 bits per heavy atom. The summed E-state index contributed by atoms with van der Waals surface area (Å²) in [6, 6.07) is 35.0. The second kappa shape index (κ2) is 13.0. The van der Waals surface area contributed by atoms with Crippen molar-refractivity contribution in [1.29, 1.82) is 0 Å². The monoisotopic (exact) mass is 414 g/mol. The zero-order valence-electron chi connectivity index (χ0n) is 16.7. The van der Waals surface area contributed by atoms with Crippen LogP contribution in [0.2, 0.25) is 0 Å². The Morgan fingerprint density at radius 2 is 0.935 bits per heavy atom. The van der Waals surface area contributed by atoms with E-state index in [9.17, 15) is 9.59 Å². The van der Waals surface area contributed by atoms with Crippen LogP contribution < -0.4 is 4.74 Å². The van der Waals surface area contributed by atoms with Crippen molar-refractivity contribution in [3.8, 4) is 11.5 Å². The highest BCUT2D eigenvalue weighted by molar-refractivity contribution is 5.90. The molecule has 156 valence electrons. The number of phenols is 1. The Bertz CT molecular complexity index is 1030. The highest BCUT2D eigenvalue weighted by Crippen LogP contribution is 2.11. The van der Waals surface area contributed by atoms with Crippen molar-refractivity contribution in [3.05, 3.63) is 132 Å². The van der Waals surface area contributed by atoms with Gasteiger partial charge in [-0.15, -0.1) is 0 Å². The van der Waals surface area contributed by atoms with Gasteiger partial charge in [-0.05, 0) is 48.5 Å². The molecule has 5 nitrogen and oxygen atoms in total. The fraction of sp³-hybridized carbons (Fsp3) is 0. The maximum absolute atomic E-state index is 11.6. The van der Waals surface area contributed by atoms with E-state index in [1.165, 1.54) is 0 Å². The first-order valence-electron chi connectivity index (χ1n) is 9.41. The molecule has 2 N–H and O–H groups in total. The molecule has 0 aliphatic rings. The smallest absolute Gasteiger partial charge is 0.343 e. The molecule has 0 aliphatic carbocycles. The molecule has 4 aromatic rings. The SMILES string of the molecule is O=C(O)c1ccccc1.O=C(Oc1ccccc1)c1ccccc1.Oc1ccccc1. The molecule has 4 rings (SSSR count). The molecule has 0 bridgehead atoms. The lowest BCUT2D eigenvalue weighted by molar-refractivity contribution is 0.0694. The lowest BCUT2D eigenvalue weighted by atomic mass is 10.2. The number of ether oxygens (including phenoxy) is 1. The van der Waals surface area contributed by atoms with Crippen LogP contribution in [-0.4, -0.2) is 22.2 Å². The van der Waals surface area contributed by atoms with Gasteiger partial charge in [-0.2, -0.15) is 0 Å². The van der Waals surface area contributed by atoms with Crippen LogP contribution in [0.25, 0.3) is 0 Å². The van der Waals surface area contributed by atoms with Crippen molar-refractivity contribution in [2.24, 2.45) is 0 Å². The highest BCUT2D eigenvalue weighted by atomic mass is 16.5. The lowest BCUT2D eigenvalue weighted by Gasteiger charge is -2.02. The minimum Gasteiger partial charge on any atom is -0.508 e. The summed E-state index contributed by atoms with van der Waals surface area (Å²) in [5.74, 6) is -0.328. The first-order chi connectivity index (χ1) is 15.1. The van der Waals surface area contributed by atoms with Gasteiger partial charge in [0.25, 0.3) is 0 Å². The Morgan fingerprint density at radius 1 is 0.548 bits per heavy atom. The van der Waals surface area contributed by atoms with Crippen molar-refractivity contribution >= 4 is 11.9 Å². The van der Waals surface area contributed by atoms with Gasteiger partial charge in [0, 0.05) is 0 Å². The standard InChI is InChI=1S/C13H10O2.C7H6O2.C6H6O/c14-13(11-7-3-1-4-8-11)15-12-9-5-2-6-10-12;8-7(9)6-4-2-1-3-5-6;7-6-4-2-1-3-5-6/h1-10H;1-5H,(H,8,9);1-5,7H. The van der Waals surface area contributed by atoms with Gasteiger partial charge in [0.1, 0.15) is 11.5 Å². The molecular formula is C26H22O5. The summed E-state index contributed by atoms with van der Waals surface area (Å²) >= 11 is 0. The third-order valence-corrected chi connectivity index (χ3v) is 3.74. The zero-order chi connectivity index (χ0) is 22.3. The minimum absolute atomic E-state index is 0.322. The quantitative estimate of drug-likeness (QED) is 0.333. The van der Waals surface area contributed by atoms with Gasteiger partial charge < -0.3 is 14.9 Å². The molecule has 0 saturated heterocycles.